The number of imidazole rings is 1. The zero-order chi connectivity index (χ0) is 20.8. The summed E-state index contributed by atoms with van der Waals surface area (Å²) in [4.78, 5) is 19.7. The average Bonchev–Trinajstić information content (AvgIpc) is 3.15. The number of hydrogen-bond donors (Lipinski definition) is 3. The van der Waals surface area contributed by atoms with Crippen LogP contribution in [-0.4, -0.2) is 31.2 Å². The maximum absolute atomic E-state index is 14.0. The first-order valence-electron chi connectivity index (χ1n) is 9.64. The number of aromatic nitrogens is 4. The Labute approximate surface area is 166 Å². The van der Waals surface area contributed by atoms with Crippen LogP contribution in [-0.2, 0) is 10.2 Å². The van der Waals surface area contributed by atoms with E-state index in [4.69, 9.17) is 10.7 Å². The van der Waals surface area contributed by atoms with E-state index in [-0.39, 0.29) is 23.6 Å². The Bertz CT molecular complexity index is 1250. The normalized spacial score (nSPS) is 12.2. The molecule has 2 heterocycles. The molecule has 0 unspecified atom stereocenters. The highest BCUT2D eigenvalue weighted by Crippen LogP contribution is 2.41. The van der Waals surface area contributed by atoms with Crippen molar-refractivity contribution in [3.8, 4) is 5.88 Å². The van der Waals surface area contributed by atoms with E-state index in [9.17, 15) is 14.3 Å². The van der Waals surface area contributed by atoms with E-state index in [2.05, 4.69) is 29.0 Å². The number of hydrogen-bond acceptors (Lipinski definition) is 5. The fourth-order valence-corrected chi connectivity index (χ4v) is 4.19. The lowest BCUT2D eigenvalue weighted by atomic mass is 9.77. The molecule has 29 heavy (non-hydrogen) atoms. The molecule has 150 valence electrons. The van der Waals surface area contributed by atoms with Gasteiger partial charge in [-0.05, 0) is 37.5 Å². The van der Waals surface area contributed by atoms with E-state index in [1.807, 2.05) is 0 Å². The zero-order valence-electron chi connectivity index (χ0n) is 16.3. The number of fused-ring (bicyclic) bond motifs is 6. The first-order valence-corrected chi connectivity index (χ1v) is 9.64. The van der Waals surface area contributed by atoms with Crippen molar-refractivity contribution >= 4 is 38.5 Å². The average molecular weight is 395 g/mol. The number of amides is 1. The number of aromatic amines is 1. The number of H-pyrrole nitrogens is 1. The van der Waals surface area contributed by atoms with E-state index in [0.717, 1.165) is 18.7 Å². The van der Waals surface area contributed by atoms with E-state index in [0.29, 0.717) is 39.0 Å². The number of benzene rings is 2. The molecule has 0 aliphatic heterocycles. The Morgan fingerprint density at radius 3 is 2.69 bits per heavy atom. The highest BCUT2D eigenvalue weighted by molar-refractivity contribution is 6.24. The summed E-state index contributed by atoms with van der Waals surface area (Å²) in [5.74, 6) is -0.280. The van der Waals surface area contributed by atoms with Gasteiger partial charge in [0.2, 0.25) is 11.8 Å². The van der Waals surface area contributed by atoms with Crippen molar-refractivity contribution in [2.24, 2.45) is 5.73 Å². The number of nitrogens with zero attached hydrogens (tertiary/aromatic N) is 3. The molecule has 0 atom stereocenters. The van der Waals surface area contributed by atoms with Gasteiger partial charge < -0.3 is 15.8 Å². The summed E-state index contributed by atoms with van der Waals surface area (Å²) in [6.07, 6.45) is 3.91. The molecule has 2 aromatic carbocycles. The van der Waals surface area contributed by atoms with Crippen molar-refractivity contribution in [3.05, 3.63) is 36.0 Å². The molecule has 1 amide bonds. The summed E-state index contributed by atoms with van der Waals surface area (Å²) in [5.41, 5.74) is 6.41. The smallest absolute Gasteiger partial charge is 0.239 e. The zero-order valence-corrected chi connectivity index (χ0v) is 16.3. The first kappa shape index (κ1) is 19.0. The summed E-state index contributed by atoms with van der Waals surface area (Å²) < 4.78 is 14.0. The van der Waals surface area contributed by atoms with Crippen molar-refractivity contribution in [1.82, 2.24) is 20.2 Å². The van der Waals surface area contributed by atoms with Crippen LogP contribution < -0.4 is 5.73 Å². The lowest BCUT2D eigenvalue weighted by molar-refractivity contribution is -0.118. The van der Waals surface area contributed by atoms with Gasteiger partial charge in [-0.15, -0.1) is 5.10 Å². The second-order valence-electron chi connectivity index (χ2n) is 7.41. The third-order valence-electron chi connectivity index (χ3n) is 6.02. The Kier molecular flexibility index (Phi) is 4.56. The predicted molar refractivity (Wildman–Crippen MR) is 109 cm³/mol. The van der Waals surface area contributed by atoms with Gasteiger partial charge in [0, 0.05) is 28.0 Å². The number of primary amides is 1. The molecule has 0 aliphatic carbocycles. The second kappa shape index (κ2) is 6.95. The SMILES string of the molecule is CCC(CC)(CCC(N)=O)c1nc2c3ccc(F)cc3c3c(O)nncc3c2[nH]1. The van der Waals surface area contributed by atoms with Crippen molar-refractivity contribution in [2.75, 3.05) is 0 Å². The minimum atomic E-state index is -0.414. The summed E-state index contributed by atoms with van der Waals surface area (Å²) in [6, 6.07) is 4.39. The van der Waals surface area contributed by atoms with Crippen LogP contribution in [0, 0.1) is 5.82 Å². The third-order valence-corrected chi connectivity index (χ3v) is 6.02. The van der Waals surface area contributed by atoms with E-state index < -0.39 is 5.82 Å². The van der Waals surface area contributed by atoms with Crippen molar-refractivity contribution in [3.63, 3.8) is 0 Å². The van der Waals surface area contributed by atoms with Crippen LogP contribution >= 0.6 is 0 Å². The minimum absolute atomic E-state index is 0.262. The van der Waals surface area contributed by atoms with Crippen LogP contribution in [0.4, 0.5) is 4.39 Å². The Balaban J connectivity index is 2.08. The summed E-state index contributed by atoms with van der Waals surface area (Å²) >= 11 is 0. The molecule has 0 bridgehead atoms. The molecule has 7 nitrogen and oxygen atoms in total. The molecule has 0 radical (unpaired) electrons. The lowest BCUT2D eigenvalue weighted by Crippen LogP contribution is -2.28. The van der Waals surface area contributed by atoms with Gasteiger partial charge in [0.15, 0.2) is 0 Å². The fraction of sp³-hybridized carbons (Fsp3) is 0.333. The summed E-state index contributed by atoms with van der Waals surface area (Å²) in [5, 5.41) is 20.2. The fourth-order valence-electron chi connectivity index (χ4n) is 4.19. The van der Waals surface area contributed by atoms with Gasteiger partial charge in [-0.2, -0.15) is 5.10 Å². The van der Waals surface area contributed by atoms with Gasteiger partial charge in [-0.3, -0.25) is 4.79 Å². The topological polar surface area (TPSA) is 118 Å². The van der Waals surface area contributed by atoms with Crippen molar-refractivity contribution in [1.29, 1.82) is 0 Å². The van der Waals surface area contributed by atoms with E-state index in [1.54, 1.807) is 6.07 Å². The monoisotopic (exact) mass is 395 g/mol. The summed E-state index contributed by atoms with van der Waals surface area (Å²) in [7, 11) is 0. The molecule has 0 saturated carbocycles. The van der Waals surface area contributed by atoms with Crippen LogP contribution in [0.25, 0.3) is 32.6 Å². The molecule has 0 fully saturated rings. The minimum Gasteiger partial charge on any atom is -0.492 e. The van der Waals surface area contributed by atoms with Crippen LogP contribution in [0.3, 0.4) is 0 Å². The molecule has 0 saturated heterocycles. The van der Waals surface area contributed by atoms with Gasteiger partial charge in [0.25, 0.3) is 0 Å². The van der Waals surface area contributed by atoms with Gasteiger partial charge in [-0.25, -0.2) is 9.37 Å². The highest BCUT2D eigenvalue weighted by Gasteiger charge is 2.33. The predicted octanol–water partition coefficient (Wildman–Crippen LogP) is 3.83. The molecule has 4 rings (SSSR count). The molecular weight excluding hydrogens is 373 g/mol. The molecular formula is C21H22FN5O2. The number of carbonyl (C=O) groups excluding carboxylic acids is 1. The van der Waals surface area contributed by atoms with Crippen molar-refractivity contribution < 1.29 is 14.3 Å². The maximum Gasteiger partial charge on any atom is 0.239 e. The molecule has 4 aromatic rings. The molecule has 8 heteroatoms. The van der Waals surface area contributed by atoms with Gasteiger partial charge in [-0.1, -0.05) is 13.8 Å². The van der Waals surface area contributed by atoms with Crippen LogP contribution in [0.15, 0.2) is 24.4 Å². The second-order valence-corrected chi connectivity index (χ2v) is 7.41. The third kappa shape index (κ3) is 2.95. The Morgan fingerprint density at radius 1 is 1.24 bits per heavy atom. The number of nitrogens with two attached hydrogens (primary N) is 1. The largest absolute Gasteiger partial charge is 0.492 e. The molecule has 2 aromatic heterocycles. The quantitative estimate of drug-likeness (QED) is 0.429. The Morgan fingerprint density at radius 2 is 2.00 bits per heavy atom. The van der Waals surface area contributed by atoms with E-state index >= 15 is 0 Å². The number of nitrogens with one attached hydrogen (secondary N) is 1. The maximum atomic E-state index is 14.0. The Hall–Kier alpha value is -3.29. The van der Waals surface area contributed by atoms with Crippen LogP contribution in [0.5, 0.6) is 5.88 Å². The number of carbonyl (C=O) groups is 1. The van der Waals surface area contributed by atoms with Crippen LogP contribution in [0.1, 0.15) is 45.4 Å². The van der Waals surface area contributed by atoms with Gasteiger partial charge in [0.05, 0.1) is 22.6 Å². The lowest BCUT2D eigenvalue weighted by Gasteiger charge is -2.29. The molecule has 0 aliphatic rings. The summed E-state index contributed by atoms with van der Waals surface area (Å²) in [6.45, 7) is 4.11. The number of halogens is 1. The van der Waals surface area contributed by atoms with Gasteiger partial charge >= 0.3 is 0 Å². The van der Waals surface area contributed by atoms with Crippen LogP contribution in [0.2, 0.25) is 0 Å². The van der Waals surface area contributed by atoms with Gasteiger partial charge in [0.1, 0.15) is 11.6 Å². The van der Waals surface area contributed by atoms with E-state index in [1.165, 1.54) is 18.3 Å². The number of rotatable bonds is 6. The highest BCUT2D eigenvalue weighted by atomic mass is 19.1. The number of aromatic hydroxyl groups is 1. The standard InChI is InChI=1S/C21H22FN5O2/c1-3-21(4-2,8-7-15(23)28)20-25-17-12-6-5-11(22)9-13(12)16-14(18(17)26-20)10-24-27-19(16)29/h5-6,9-10H,3-4,7-8H2,1-2H3,(H2,23,28)(H,25,26)(H,27,29). The first-order chi connectivity index (χ1) is 13.9. The molecule has 0 spiro atoms. The molecule has 4 N–H and O–H groups in total. The van der Waals surface area contributed by atoms with Crippen molar-refractivity contribution in [2.45, 2.75) is 44.9 Å².